The van der Waals surface area contributed by atoms with Crippen LogP contribution in [0.2, 0.25) is 0 Å². The number of nitrogen functional groups attached to an aromatic ring is 3. The van der Waals surface area contributed by atoms with Crippen molar-refractivity contribution in [1.29, 1.82) is 0 Å². The summed E-state index contributed by atoms with van der Waals surface area (Å²) in [7, 11) is 4.20. The Labute approximate surface area is 552 Å². The van der Waals surface area contributed by atoms with Gasteiger partial charge in [0.25, 0.3) is 0 Å². The van der Waals surface area contributed by atoms with E-state index in [2.05, 4.69) is 51.9 Å². The average Bonchev–Trinajstić information content (AvgIpc) is 1.58. The molecule has 31 heteroatoms. The molecule has 3 fully saturated rings. The Bertz CT molecular complexity index is 4350. The zero-order chi connectivity index (χ0) is 68.0. The number of rotatable bonds is 12. The van der Waals surface area contributed by atoms with Gasteiger partial charge < -0.3 is 51.3 Å². The summed E-state index contributed by atoms with van der Waals surface area (Å²) in [6.45, 7) is 8.42. The normalized spacial score (nSPS) is 21.2. The molecule has 0 spiro atoms. The second-order valence-electron chi connectivity index (χ2n) is 24.6. The number of aryl methyl sites for hydroxylation is 3. The summed E-state index contributed by atoms with van der Waals surface area (Å²) in [5.41, 5.74) is 20.8. The Hall–Kier alpha value is -9.46. The van der Waals surface area contributed by atoms with E-state index in [4.69, 9.17) is 46.4 Å². The van der Waals surface area contributed by atoms with Crippen molar-refractivity contribution in [2.75, 3.05) is 44.8 Å². The van der Waals surface area contributed by atoms with E-state index in [1.165, 1.54) is 77.5 Å². The number of hydrogen-bond donors (Lipinski definition) is 6. The van der Waals surface area contributed by atoms with E-state index in [1.807, 2.05) is 44.7 Å². The van der Waals surface area contributed by atoms with Crippen molar-refractivity contribution in [2.45, 2.75) is 152 Å². The van der Waals surface area contributed by atoms with E-state index >= 15 is 0 Å². The topological polar surface area (TPSA) is 336 Å². The molecule has 12 aromatic rings. The first-order valence-electron chi connectivity index (χ1n) is 31.8. The van der Waals surface area contributed by atoms with Gasteiger partial charge in [0.2, 0.25) is 17.8 Å². The molecule has 6 unspecified atom stereocenters. The summed E-state index contributed by atoms with van der Waals surface area (Å²) in [6, 6.07) is 10.5. The third-order valence-corrected chi connectivity index (χ3v) is 18.7. The molecule has 9 aromatic heterocycles. The van der Waals surface area contributed by atoms with E-state index in [9.17, 15) is 32.4 Å². The third-order valence-electron chi connectivity index (χ3n) is 18.7. The van der Waals surface area contributed by atoms with Crippen LogP contribution in [0.3, 0.4) is 0 Å². The Kier molecular flexibility index (Phi) is 18.7. The highest BCUT2D eigenvalue weighted by Gasteiger charge is 2.42. The maximum Gasteiger partial charge on any atom is 0.223 e. The van der Waals surface area contributed by atoms with Gasteiger partial charge in [-0.1, -0.05) is 0 Å². The maximum absolute atomic E-state index is 14.4. The Balaban J connectivity index is 0.000000135. The van der Waals surface area contributed by atoms with Crippen LogP contribution in [0.1, 0.15) is 150 Å². The molecule has 3 aliphatic rings. The van der Waals surface area contributed by atoms with Crippen LogP contribution in [0.5, 0.6) is 17.2 Å². The first-order chi connectivity index (χ1) is 46.2. The molecular weight excluding hydrogens is 1260 g/mol. The van der Waals surface area contributed by atoms with E-state index in [1.54, 1.807) is 21.8 Å². The number of ether oxygens (including phenoxy) is 3. The zero-order valence-electron chi connectivity index (χ0n) is 54.2. The number of nitrogens with zero attached hydrogens (tertiary/aromatic N) is 17. The van der Waals surface area contributed by atoms with Crippen molar-refractivity contribution in [2.24, 2.45) is 0 Å². The molecule has 0 radical (unpaired) electrons. The molecule has 26 nitrogen and oxygen atoms in total. The molecule has 3 saturated carbocycles. The summed E-state index contributed by atoms with van der Waals surface area (Å²) < 4.78 is 78.4. The Morgan fingerprint density at radius 3 is 1.14 bits per heavy atom. The molecule has 9 N–H and O–H groups in total. The number of fused-ring (bicyclic) bond motifs is 9. The number of methoxy groups -OCH3 is 3. The molecule has 506 valence electrons. The lowest BCUT2D eigenvalue weighted by Crippen LogP contribution is -2.32. The maximum atomic E-state index is 14.4. The molecule has 3 aliphatic carbocycles. The van der Waals surface area contributed by atoms with Crippen LogP contribution < -0.4 is 31.4 Å². The SMILES string of the molecule is CCn1cc(C2(O)CCCC(c3nc4c5cc(F)c(OC)cc5nc(N)n4n3)C2)cn1.CCn1cc(C2(O)CCCC(c3nc4c5cc(F)c(OC)cc5nc(N)n4n3)C2)cn1.CCn1ccc(C2(O)CCCC(c3nc4c5cc(F)c(OC)cc5nc(N)n4n3)C2)c1.CSF. The standard InChI is InChI=1S/C22H25FN6O2.2C21H24FN7O2.CH3FS/c1-3-28-8-6-14(12-28)22(30)7-4-5-13(11-22)19-26-20-15-9-16(23)18(31-2)10-17(15)25-21(24)29(20)27-19;2*1-3-28-11-13(10-24-28)21(30)6-4-5-12(9-21)18-26-19-14-7-15(22)17(31-2)8-16(14)25-20(23)29(19)27-18;1-3-2/h6,8-10,12-13,30H,3-5,7,11H2,1-2H3,(H2,24,25);2*7-8,10-12,30H,3-6,9H2,1-2H3,(H2,23,25);1H3. The third kappa shape index (κ3) is 12.7. The number of hydrogen-bond acceptors (Lipinski definition) is 21. The molecule has 15 rings (SSSR count). The van der Waals surface area contributed by atoms with Gasteiger partial charge in [0.1, 0.15) is 0 Å². The van der Waals surface area contributed by atoms with Crippen molar-refractivity contribution in [3.05, 3.63) is 131 Å². The van der Waals surface area contributed by atoms with Crippen LogP contribution in [0.4, 0.5) is 34.9 Å². The minimum absolute atomic E-state index is 0.0406. The number of benzene rings is 3. The predicted molar refractivity (Wildman–Crippen MR) is 353 cm³/mol. The van der Waals surface area contributed by atoms with Crippen LogP contribution in [0, 0.1) is 17.5 Å². The van der Waals surface area contributed by atoms with Crippen LogP contribution in [0.15, 0.2) is 79.6 Å². The van der Waals surface area contributed by atoms with Gasteiger partial charge in [-0.05, 0) is 122 Å². The van der Waals surface area contributed by atoms with Crippen molar-refractivity contribution >= 4 is 79.6 Å². The van der Waals surface area contributed by atoms with Crippen molar-refractivity contribution in [3.8, 4) is 17.2 Å². The van der Waals surface area contributed by atoms with Gasteiger partial charge in [-0.2, -0.15) is 27.6 Å². The Morgan fingerprint density at radius 1 is 0.510 bits per heavy atom. The van der Waals surface area contributed by atoms with Gasteiger partial charge in [-0.25, -0.2) is 43.1 Å². The minimum atomic E-state index is -0.987. The van der Waals surface area contributed by atoms with E-state index in [-0.39, 0.29) is 65.0 Å². The molecule has 0 amide bonds. The molecule has 6 atom stereocenters. The molecule has 0 bridgehead atoms. The van der Waals surface area contributed by atoms with Crippen molar-refractivity contribution in [1.82, 2.24) is 82.9 Å². The summed E-state index contributed by atoms with van der Waals surface area (Å²) in [5, 5.41) is 58.0. The minimum Gasteiger partial charge on any atom is -0.494 e. The number of halogens is 4. The molecule has 0 aliphatic heterocycles. The van der Waals surface area contributed by atoms with Crippen molar-refractivity contribution in [3.63, 3.8) is 0 Å². The number of anilines is 3. The Morgan fingerprint density at radius 2 is 0.844 bits per heavy atom. The van der Waals surface area contributed by atoms with Gasteiger partial charge in [-0.15, -0.1) is 15.3 Å². The number of nitrogens with two attached hydrogens (primary N) is 3. The second-order valence-corrected chi connectivity index (χ2v) is 24.9. The van der Waals surface area contributed by atoms with Crippen LogP contribution in [0.25, 0.3) is 49.7 Å². The largest absolute Gasteiger partial charge is 0.494 e. The number of aromatic nitrogens is 17. The molecule has 3 aromatic carbocycles. The summed E-state index contributed by atoms with van der Waals surface area (Å²) in [4.78, 5) is 27.1. The fraction of sp³-hybridized carbons (Fsp3) is 0.431. The highest BCUT2D eigenvalue weighted by atomic mass is 32.2. The predicted octanol–water partition coefficient (Wildman–Crippen LogP) is 10.1. The van der Waals surface area contributed by atoms with Gasteiger partial charge in [0.15, 0.2) is 69.1 Å². The van der Waals surface area contributed by atoms with E-state index < -0.39 is 34.3 Å². The average molecular weight is 1340 g/mol. The van der Waals surface area contributed by atoms with Gasteiger partial charge >= 0.3 is 0 Å². The van der Waals surface area contributed by atoms with Crippen LogP contribution in [-0.2, 0) is 36.4 Å². The van der Waals surface area contributed by atoms with Crippen LogP contribution in [-0.4, -0.2) is 126 Å². The highest BCUT2D eigenvalue weighted by molar-refractivity contribution is 7.93. The first-order valence-corrected chi connectivity index (χ1v) is 32.9. The second kappa shape index (κ2) is 27.0. The van der Waals surface area contributed by atoms with Gasteiger partial charge in [0.05, 0.1) is 67.1 Å². The van der Waals surface area contributed by atoms with Crippen LogP contribution >= 0.6 is 12.1 Å². The monoisotopic (exact) mass is 1340 g/mol. The lowest BCUT2D eigenvalue weighted by Gasteiger charge is -2.35. The van der Waals surface area contributed by atoms with E-state index in [0.29, 0.717) is 106 Å². The fourth-order valence-electron chi connectivity index (χ4n) is 13.6. The lowest BCUT2D eigenvalue weighted by molar-refractivity contribution is -0.00981. The molecule has 96 heavy (non-hydrogen) atoms. The number of aliphatic hydroxyl groups is 3. The van der Waals surface area contributed by atoms with Gasteiger partial charge in [-0.3, -0.25) is 9.36 Å². The summed E-state index contributed by atoms with van der Waals surface area (Å²) in [5.74, 6) is 0.796. The van der Waals surface area contributed by atoms with E-state index in [0.717, 1.165) is 74.8 Å². The van der Waals surface area contributed by atoms with Crippen molar-refractivity contribution < 1.29 is 46.6 Å². The summed E-state index contributed by atoms with van der Waals surface area (Å²) >= 11 is 0.250. The molecule has 9 heterocycles. The zero-order valence-corrected chi connectivity index (χ0v) is 55.0. The highest BCUT2D eigenvalue weighted by Crippen LogP contribution is 2.47. The smallest absolute Gasteiger partial charge is 0.223 e. The molecular formula is C65H76F4N20O6S. The lowest BCUT2D eigenvalue weighted by atomic mass is 9.75. The first kappa shape index (κ1) is 66.6. The molecule has 0 saturated heterocycles. The quantitative estimate of drug-likeness (QED) is 0.0619. The fourth-order valence-corrected chi connectivity index (χ4v) is 13.6. The van der Waals surface area contributed by atoms with Gasteiger partial charge in [0, 0.05) is 132 Å². The summed E-state index contributed by atoms with van der Waals surface area (Å²) in [6.07, 6.45) is 21.2.